The van der Waals surface area contributed by atoms with Crippen LogP contribution in [0.3, 0.4) is 0 Å². The zero-order valence-electron chi connectivity index (χ0n) is 10.9. The molecule has 0 saturated heterocycles. The number of hydrogen-bond donors (Lipinski definition) is 1. The average molecular weight is 247 g/mol. The van der Waals surface area contributed by atoms with E-state index in [0.717, 1.165) is 37.8 Å². The van der Waals surface area contributed by atoms with Crippen molar-refractivity contribution in [1.29, 1.82) is 0 Å². The Kier molecular flexibility index (Phi) is 4.37. The fraction of sp³-hybridized carbons (Fsp3) is 0.533. The third-order valence-electron chi connectivity index (χ3n) is 3.92. The van der Waals surface area contributed by atoms with Gasteiger partial charge in [0.2, 0.25) is 0 Å². The molecule has 1 aliphatic carbocycles. The molecule has 1 saturated carbocycles. The van der Waals surface area contributed by atoms with Crippen LogP contribution in [0.2, 0.25) is 0 Å². The van der Waals surface area contributed by atoms with E-state index in [0.29, 0.717) is 11.7 Å². The quantitative estimate of drug-likeness (QED) is 0.832. The normalized spacial score (nSPS) is 23.7. The number of hydrogen-bond acceptors (Lipinski definition) is 3. The summed E-state index contributed by atoms with van der Waals surface area (Å²) in [5.74, 6) is 1.65. The first-order chi connectivity index (χ1) is 8.76. The maximum atomic E-state index is 12.5. The van der Waals surface area contributed by atoms with Gasteiger partial charge in [-0.25, -0.2) is 0 Å². The maximum Gasteiger partial charge on any atom is 0.169 e. The Bertz CT molecular complexity index is 409. The first kappa shape index (κ1) is 13.1. The summed E-state index contributed by atoms with van der Waals surface area (Å²) in [5.41, 5.74) is 6.40. The van der Waals surface area contributed by atoms with Gasteiger partial charge in [-0.1, -0.05) is 12.1 Å². The molecule has 1 aliphatic rings. The number of ketones is 1. The van der Waals surface area contributed by atoms with Gasteiger partial charge in [0, 0.05) is 5.92 Å². The van der Waals surface area contributed by atoms with Gasteiger partial charge in [0.15, 0.2) is 5.78 Å². The van der Waals surface area contributed by atoms with Crippen LogP contribution in [0.25, 0.3) is 0 Å². The van der Waals surface area contributed by atoms with E-state index in [9.17, 15) is 4.79 Å². The minimum absolute atomic E-state index is 0.143. The van der Waals surface area contributed by atoms with E-state index in [2.05, 4.69) is 0 Å². The van der Waals surface area contributed by atoms with Gasteiger partial charge in [-0.3, -0.25) is 4.79 Å². The number of ether oxygens (including phenoxy) is 1. The fourth-order valence-electron chi connectivity index (χ4n) is 2.73. The number of carbonyl (C=O) groups excluding carboxylic acids is 1. The summed E-state index contributed by atoms with van der Waals surface area (Å²) < 4.78 is 5.26. The molecule has 18 heavy (non-hydrogen) atoms. The van der Waals surface area contributed by atoms with Crippen molar-refractivity contribution in [2.24, 2.45) is 17.6 Å². The van der Waals surface area contributed by atoms with Crippen LogP contribution in [0.4, 0.5) is 0 Å². The molecule has 98 valence electrons. The monoisotopic (exact) mass is 247 g/mol. The molecule has 2 rings (SSSR count). The summed E-state index contributed by atoms with van der Waals surface area (Å²) >= 11 is 0. The zero-order chi connectivity index (χ0) is 13.0. The molecule has 0 bridgehead atoms. The smallest absolute Gasteiger partial charge is 0.169 e. The molecule has 0 unspecified atom stereocenters. The van der Waals surface area contributed by atoms with Crippen molar-refractivity contribution in [3.8, 4) is 5.75 Å². The van der Waals surface area contributed by atoms with Crippen LogP contribution < -0.4 is 10.5 Å². The van der Waals surface area contributed by atoms with Crippen molar-refractivity contribution >= 4 is 5.78 Å². The van der Waals surface area contributed by atoms with E-state index in [1.807, 2.05) is 24.3 Å². The molecule has 2 N–H and O–H groups in total. The molecule has 1 aromatic carbocycles. The largest absolute Gasteiger partial charge is 0.496 e. The molecule has 0 aromatic heterocycles. The lowest BCUT2D eigenvalue weighted by Gasteiger charge is -2.27. The van der Waals surface area contributed by atoms with Crippen molar-refractivity contribution in [1.82, 2.24) is 0 Å². The SMILES string of the molecule is COc1ccccc1C(=O)C1CCC(CN)CC1. The van der Waals surface area contributed by atoms with Crippen molar-refractivity contribution in [3.05, 3.63) is 29.8 Å². The Morgan fingerprint density at radius 3 is 2.56 bits per heavy atom. The molecule has 0 amide bonds. The minimum atomic E-state index is 0.143. The summed E-state index contributed by atoms with van der Waals surface area (Å²) in [4.78, 5) is 12.5. The number of benzene rings is 1. The number of nitrogens with two attached hydrogens (primary N) is 1. The molecule has 3 nitrogen and oxygen atoms in total. The van der Waals surface area contributed by atoms with Crippen molar-refractivity contribution in [2.45, 2.75) is 25.7 Å². The first-order valence-electron chi connectivity index (χ1n) is 6.63. The summed E-state index contributed by atoms with van der Waals surface area (Å²) in [7, 11) is 1.61. The highest BCUT2D eigenvalue weighted by Crippen LogP contribution is 2.32. The highest BCUT2D eigenvalue weighted by molar-refractivity contribution is 6.00. The number of para-hydroxylation sites is 1. The molecule has 0 spiro atoms. The van der Waals surface area contributed by atoms with E-state index in [1.54, 1.807) is 7.11 Å². The Morgan fingerprint density at radius 2 is 1.94 bits per heavy atom. The molecule has 3 heteroatoms. The van der Waals surface area contributed by atoms with Crippen molar-refractivity contribution in [3.63, 3.8) is 0 Å². The van der Waals surface area contributed by atoms with Gasteiger partial charge in [-0.15, -0.1) is 0 Å². The highest BCUT2D eigenvalue weighted by atomic mass is 16.5. The Labute approximate surface area is 108 Å². The molecule has 1 aromatic rings. The molecule has 0 atom stereocenters. The van der Waals surface area contributed by atoms with Gasteiger partial charge in [-0.05, 0) is 50.3 Å². The van der Waals surface area contributed by atoms with Gasteiger partial charge < -0.3 is 10.5 Å². The van der Waals surface area contributed by atoms with E-state index < -0.39 is 0 Å². The minimum Gasteiger partial charge on any atom is -0.496 e. The zero-order valence-corrected chi connectivity index (χ0v) is 10.9. The second-order valence-corrected chi connectivity index (χ2v) is 5.02. The molecule has 0 radical (unpaired) electrons. The molecule has 1 fully saturated rings. The molecular weight excluding hydrogens is 226 g/mol. The lowest BCUT2D eigenvalue weighted by molar-refractivity contribution is 0.0870. The second kappa shape index (κ2) is 6.01. The fourth-order valence-corrected chi connectivity index (χ4v) is 2.73. The van der Waals surface area contributed by atoms with Gasteiger partial charge >= 0.3 is 0 Å². The van der Waals surface area contributed by atoms with E-state index in [4.69, 9.17) is 10.5 Å². The predicted molar refractivity (Wildman–Crippen MR) is 71.8 cm³/mol. The second-order valence-electron chi connectivity index (χ2n) is 5.02. The van der Waals surface area contributed by atoms with Crippen LogP contribution >= 0.6 is 0 Å². The number of Topliss-reactive ketones (excluding diaryl/α,β-unsaturated/α-hetero) is 1. The lowest BCUT2D eigenvalue weighted by Crippen LogP contribution is -2.26. The van der Waals surface area contributed by atoms with E-state index >= 15 is 0 Å². The van der Waals surface area contributed by atoms with Gasteiger partial charge in [0.05, 0.1) is 12.7 Å². The third kappa shape index (κ3) is 2.72. The van der Waals surface area contributed by atoms with E-state index in [1.165, 1.54) is 0 Å². The van der Waals surface area contributed by atoms with Crippen LogP contribution in [0.1, 0.15) is 36.0 Å². The number of methoxy groups -OCH3 is 1. The van der Waals surface area contributed by atoms with Gasteiger partial charge in [0.25, 0.3) is 0 Å². The van der Waals surface area contributed by atoms with Crippen LogP contribution in [0.5, 0.6) is 5.75 Å². The van der Waals surface area contributed by atoms with Crippen molar-refractivity contribution in [2.75, 3.05) is 13.7 Å². The van der Waals surface area contributed by atoms with Crippen LogP contribution in [-0.2, 0) is 0 Å². The summed E-state index contributed by atoms with van der Waals surface area (Å²) in [5, 5.41) is 0. The Morgan fingerprint density at radius 1 is 1.28 bits per heavy atom. The summed E-state index contributed by atoms with van der Waals surface area (Å²) in [6.45, 7) is 0.746. The number of rotatable bonds is 4. The standard InChI is InChI=1S/C15H21NO2/c1-18-14-5-3-2-4-13(14)15(17)12-8-6-11(10-16)7-9-12/h2-5,11-12H,6-10,16H2,1H3. The lowest BCUT2D eigenvalue weighted by atomic mass is 9.78. The van der Waals surface area contributed by atoms with Crippen LogP contribution in [0, 0.1) is 11.8 Å². The van der Waals surface area contributed by atoms with E-state index in [-0.39, 0.29) is 11.7 Å². The van der Waals surface area contributed by atoms with Crippen molar-refractivity contribution < 1.29 is 9.53 Å². The molecular formula is C15H21NO2. The Hall–Kier alpha value is -1.35. The van der Waals surface area contributed by atoms with Crippen LogP contribution in [0.15, 0.2) is 24.3 Å². The summed E-state index contributed by atoms with van der Waals surface area (Å²) in [6, 6.07) is 7.48. The van der Waals surface area contributed by atoms with Crippen LogP contribution in [-0.4, -0.2) is 19.4 Å². The topological polar surface area (TPSA) is 52.3 Å². The first-order valence-corrected chi connectivity index (χ1v) is 6.63. The van der Waals surface area contributed by atoms with Gasteiger partial charge in [0.1, 0.15) is 5.75 Å². The maximum absolute atomic E-state index is 12.5. The average Bonchev–Trinajstić information content (AvgIpc) is 2.46. The number of carbonyl (C=O) groups is 1. The predicted octanol–water partition coefficient (Wildman–Crippen LogP) is 2.64. The Balaban J connectivity index is 2.08. The van der Waals surface area contributed by atoms with Gasteiger partial charge in [-0.2, -0.15) is 0 Å². The third-order valence-corrected chi connectivity index (χ3v) is 3.92. The molecule has 0 aliphatic heterocycles. The molecule has 0 heterocycles. The highest BCUT2D eigenvalue weighted by Gasteiger charge is 2.27. The summed E-state index contributed by atoms with van der Waals surface area (Å²) in [6.07, 6.45) is 4.06.